The number of rotatable bonds is 2. The zero-order valence-electron chi connectivity index (χ0n) is 8.79. The monoisotopic (exact) mass is 227 g/mol. The van der Waals surface area contributed by atoms with E-state index in [9.17, 15) is 0 Å². The number of furan rings is 1. The molecule has 6 nitrogen and oxygen atoms in total. The van der Waals surface area contributed by atoms with Crippen LogP contribution in [-0.2, 0) is 0 Å². The van der Waals surface area contributed by atoms with Crippen molar-refractivity contribution in [1.29, 1.82) is 0 Å². The molecule has 0 saturated carbocycles. The molecule has 0 aliphatic rings. The molecule has 17 heavy (non-hydrogen) atoms. The maximum atomic E-state index is 5.89. The van der Waals surface area contributed by atoms with Crippen molar-refractivity contribution in [1.82, 2.24) is 20.6 Å². The molecule has 0 radical (unpaired) electrons. The van der Waals surface area contributed by atoms with E-state index in [0.717, 1.165) is 16.7 Å². The average Bonchev–Trinajstić information content (AvgIpc) is 3.03. The first-order valence-electron chi connectivity index (χ1n) is 5.00. The Labute approximate surface area is 96.5 Å². The number of nitrogens with one attached hydrogen (secondary N) is 1. The SMILES string of the molecule is Nc1ccc(-c2ccoc2)cc1-c1nn[nH]n1. The molecule has 0 amide bonds. The van der Waals surface area contributed by atoms with Crippen molar-refractivity contribution >= 4 is 5.69 Å². The van der Waals surface area contributed by atoms with Gasteiger partial charge in [-0.25, -0.2) is 0 Å². The van der Waals surface area contributed by atoms with Gasteiger partial charge in [-0.3, -0.25) is 0 Å². The number of nitrogen functional groups attached to an aromatic ring is 1. The third-order valence-electron chi connectivity index (χ3n) is 2.49. The number of aromatic amines is 1. The summed E-state index contributed by atoms with van der Waals surface area (Å²) in [6.45, 7) is 0. The molecule has 2 heterocycles. The molecule has 0 spiro atoms. The van der Waals surface area contributed by atoms with Gasteiger partial charge in [-0.05, 0) is 29.0 Å². The van der Waals surface area contributed by atoms with Gasteiger partial charge in [0.25, 0.3) is 0 Å². The number of anilines is 1. The van der Waals surface area contributed by atoms with E-state index in [1.54, 1.807) is 12.5 Å². The molecular formula is C11H9N5O. The van der Waals surface area contributed by atoms with E-state index in [1.807, 2.05) is 24.3 Å². The first-order chi connectivity index (χ1) is 8.34. The lowest BCUT2D eigenvalue weighted by atomic mass is 10.0. The van der Waals surface area contributed by atoms with Crippen LogP contribution in [0.2, 0.25) is 0 Å². The minimum Gasteiger partial charge on any atom is -0.472 e. The van der Waals surface area contributed by atoms with Crippen molar-refractivity contribution in [3.63, 3.8) is 0 Å². The van der Waals surface area contributed by atoms with Crippen molar-refractivity contribution < 1.29 is 4.42 Å². The second-order valence-electron chi connectivity index (χ2n) is 3.55. The van der Waals surface area contributed by atoms with Crippen LogP contribution in [0.3, 0.4) is 0 Å². The van der Waals surface area contributed by atoms with Gasteiger partial charge in [0.2, 0.25) is 5.82 Å². The molecule has 0 saturated heterocycles. The number of hydrogen-bond acceptors (Lipinski definition) is 5. The number of H-pyrrole nitrogens is 1. The highest BCUT2D eigenvalue weighted by Crippen LogP contribution is 2.28. The van der Waals surface area contributed by atoms with Crippen LogP contribution >= 0.6 is 0 Å². The van der Waals surface area contributed by atoms with Gasteiger partial charge in [-0.1, -0.05) is 6.07 Å². The second-order valence-corrected chi connectivity index (χ2v) is 3.55. The predicted molar refractivity (Wildman–Crippen MR) is 61.7 cm³/mol. The van der Waals surface area contributed by atoms with E-state index in [0.29, 0.717) is 11.5 Å². The van der Waals surface area contributed by atoms with Gasteiger partial charge in [0.05, 0.1) is 12.5 Å². The summed E-state index contributed by atoms with van der Waals surface area (Å²) in [4.78, 5) is 0. The number of hydrogen-bond donors (Lipinski definition) is 2. The lowest BCUT2D eigenvalue weighted by Crippen LogP contribution is -1.92. The Balaban J connectivity index is 2.13. The van der Waals surface area contributed by atoms with Crippen LogP contribution in [0.15, 0.2) is 41.2 Å². The van der Waals surface area contributed by atoms with Crippen LogP contribution in [0, 0.1) is 0 Å². The second kappa shape index (κ2) is 3.75. The number of nitrogens with zero attached hydrogens (tertiary/aromatic N) is 3. The third-order valence-corrected chi connectivity index (χ3v) is 2.49. The van der Waals surface area contributed by atoms with Gasteiger partial charge in [0.15, 0.2) is 0 Å². The van der Waals surface area contributed by atoms with Crippen molar-refractivity contribution in [2.24, 2.45) is 0 Å². The molecule has 6 heteroatoms. The largest absolute Gasteiger partial charge is 0.472 e. The third kappa shape index (κ3) is 1.65. The first-order valence-corrected chi connectivity index (χ1v) is 5.00. The molecular weight excluding hydrogens is 218 g/mol. The van der Waals surface area contributed by atoms with Gasteiger partial charge in [0.1, 0.15) is 0 Å². The molecule has 3 aromatic rings. The van der Waals surface area contributed by atoms with E-state index in [-0.39, 0.29) is 0 Å². The Morgan fingerprint density at radius 2 is 2.12 bits per heavy atom. The number of nitrogens with two attached hydrogens (primary N) is 1. The highest BCUT2D eigenvalue weighted by molar-refractivity contribution is 5.78. The molecule has 3 rings (SSSR count). The molecule has 2 aromatic heterocycles. The van der Waals surface area contributed by atoms with E-state index in [1.165, 1.54) is 0 Å². The van der Waals surface area contributed by atoms with Crippen molar-refractivity contribution in [3.05, 3.63) is 36.8 Å². The van der Waals surface area contributed by atoms with Crippen LogP contribution in [0.25, 0.3) is 22.5 Å². The fraction of sp³-hybridized carbons (Fsp3) is 0. The molecule has 0 atom stereocenters. The van der Waals surface area contributed by atoms with Gasteiger partial charge in [0, 0.05) is 16.8 Å². The van der Waals surface area contributed by atoms with E-state index >= 15 is 0 Å². The minimum atomic E-state index is 0.479. The van der Waals surface area contributed by atoms with Crippen LogP contribution in [-0.4, -0.2) is 20.6 Å². The molecule has 3 N–H and O–H groups in total. The molecule has 0 unspecified atom stereocenters. The maximum Gasteiger partial charge on any atom is 0.206 e. The Morgan fingerprint density at radius 1 is 1.18 bits per heavy atom. The van der Waals surface area contributed by atoms with Gasteiger partial charge in [-0.15, -0.1) is 10.2 Å². The highest BCUT2D eigenvalue weighted by atomic mass is 16.3. The molecule has 84 valence electrons. The van der Waals surface area contributed by atoms with Crippen molar-refractivity contribution in [2.45, 2.75) is 0 Å². The molecule has 1 aromatic carbocycles. The lowest BCUT2D eigenvalue weighted by molar-refractivity contribution is 0.568. The minimum absolute atomic E-state index is 0.479. The standard InChI is InChI=1S/C11H9N5O/c12-10-2-1-7(8-3-4-17-6-8)5-9(10)11-13-15-16-14-11/h1-6H,12H2,(H,13,14,15,16). The maximum absolute atomic E-state index is 5.89. The fourth-order valence-corrected chi connectivity index (χ4v) is 1.63. The Bertz CT molecular complexity index is 615. The van der Waals surface area contributed by atoms with E-state index in [4.69, 9.17) is 10.2 Å². The normalized spacial score (nSPS) is 10.6. The molecule has 0 fully saturated rings. The summed E-state index contributed by atoms with van der Waals surface area (Å²) >= 11 is 0. The van der Waals surface area contributed by atoms with Crippen LogP contribution in [0.4, 0.5) is 5.69 Å². The average molecular weight is 227 g/mol. The summed E-state index contributed by atoms with van der Waals surface area (Å²) in [5, 5.41) is 13.8. The zero-order valence-corrected chi connectivity index (χ0v) is 8.79. The van der Waals surface area contributed by atoms with E-state index < -0.39 is 0 Å². The van der Waals surface area contributed by atoms with Gasteiger partial charge in [-0.2, -0.15) is 5.21 Å². The summed E-state index contributed by atoms with van der Waals surface area (Å²) in [6.07, 6.45) is 3.30. The van der Waals surface area contributed by atoms with E-state index in [2.05, 4.69) is 20.6 Å². The summed E-state index contributed by atoms with van der Waals surface area (Å²) in [7, 11) is 0. The Kier molecular flexibility index (Phi) is 2.11. The van der Waals surface area contributed by atoms with Gasteiger partial charge < -0.3 is 10.2 Å². The van der Waals surface area contributed by atoms with Crippen molar-refractivity contribution in [2.75, 3.05) is 5.73 Å². The number of benzene rings is 1. The topological polar surface area (TPSA) is 93.6 Å². The smallest absolute Gasteiger partial charge is 0.206 e. The van der Waals surface area contributed by atoms with Gasteiger partial charge >= 0.3 is 0 Å². The summed E-state index contributed by atoms with van der Waals surface area (Å²) in [6, 6.07) is 7.52. The number of aromatic nitrogens is 4. The fourth-order valence-electron chi connectivity index (χ4n) is 1.63. The quantitative estimate of drug-likeness (QED) is 0.650. The van der Waals surface area contributed by atoms with Crippen LogP contribution in [0.1, 0.15) is 0 Å². The lowest BCUT2D eigenvalue weighted by Gasteiger charge is -2.03. The van der Waals surface area contributed by atoms with Crippen LogP contribution in [0.5, 0.6) is 0 Å². The highest BCUT2D eigenvalue weighted by Gasteiger charge is 2.09. The summed E-state index contributed by atoms with van der Waals surface area (Å²) in [5.41, 5.74) is 9.22. The summed E-state index contributed by atoms with van der Waals surface area (Å²) in [5.74, 6) is 0.479. The molecule has 0 aliphatic heterocycles. The summed E-state index contributed by atoms with van der Waals surface area (Å²) < 4.78 is 5.05. The van der Waals surface area contributed by atoms with Crippen LogP contribution < -0.4 is 5.73 Å². The Hall–Kier alpha value is -2.63. The van der Waals surface area contributed by atoms with Crippen molar-refractivity contribution in [3.8, 4) is 22.5 Å². The first kappa shape index (κ1) is 9.59. The molecule has 0 aliphatic carbocycles. The molecule has 0 bridgehead atoms. The Morgan fingerprint density at radius 3 is 2.82 bits per heavy atom. The zero-order chi connectivity index (χ0) is 11.7. The predicted octanol–water partition coefficient (Wildman–Crippen LogP) is 1.71. The number of tetrazole rings is 1.